The van der Waals surface area contributed by atoms with Crippen molar-refractivity contribution in [1.82, 2.24) is 0 Å². The van der Waals surface area contributed by atoms with Gasteiger partial charge in [-0.1, -0.05) is 12.1 Å². The molecule has 0 amide bonds. The molecule has 0 radical (unpaired) electrons. The number of rotatable bonds is 4. The highest BCUT2D eigenvalue weighted by molar-refractivity contribution is 7.73. The third-order valence-electron chi connectivity index (χ3n) is 2.81. The van der Waals surface area contributed by atoms with E-state index in [1.807, 2.05) is 0 Å². The van der Waals surface area contributed by atoms with Crippen LogP contribution in [-0.4, -0.2) is 19.1 Å². The molecule has 0 aliphatic rings. The highest BCUT2D eigenvalue weighted by Crippen LogP contribution is 2.39. The van der Waals surface area contributed by atoms with E-state index in [0.717, 1.165) is 0 Å². The topological polar surface area (TPSA) is 55.8 Å². The average molecular weight is 278 g/mol. The zero-order valence-corrected chi connectivity index (χ0v) is 11.6. The molecule has 0 fully saturated rings. The molecular formula is C14H15O4P. The first-order valence-electron chi connectivity index (χ1n) is 5.70. The average Bonchev–Trinajstić information content (AvgIpc) is 2.47. The number of hydrogen-bond donors (Lipinski definition) is 1. The van der Waals surface area contributed by atoms with Gasteiger partial charge in [0.05, 0.1) is 14.2 Å². The van der Waals surface area contributed by atoms with E-state index in [1.54, 1.807) is 48.5 Å². The normalized spacial score (nSPS) is 11.1. The molecule has 0 atom stereocenters. The second-order valence-electron chi connectivity index (χ2n) is 3.98. The van der Waals surface area contributed by atoms with Crippen LogP contribution in [0.3, 0.4) is 0 Å². The molecule has 0 heterocycles. The second-order valence-corrected chi connectivity index (χ2v) is 6.16. The summed E-state index contributed by atoms with van der Waals surface area (Å²) in [6.45, 7) is 0. The Morgan fingerprint density at radius 3 is 1.68 bits per heavy atom. The predicted molar refractivity (Wildman–Crippen MR) is 75.1 cm³/mol. The van der Waals surface area contributed by atoms with Gasteiger partial charge in [-0.25, -0.2) is 0 Å². The van der Waals surface area contributed by atoms with E-state index >= 15 is 0 Å². The van der Waals surface area contributed by atoms with E-state index in [2.05, 4.69) is 0 Å². The molecule has 2 rings (SSSR count). The summed E-state index contributed by atoms with van der Waals surface area (Å²) >= 11 is 0. The van der Waals surface area contributed by atoms with Gasteiger partial charge in [0, 0.05) is 10.6 Å². The van der Waals surface area contributed by atoms with E-state index in [0.29, 0.717) is 22.1 Å². The van der Waals surface area contributed by atoms with E-state index in [9.17, 15) is 9.46 Å². The third kappa shape index (κ3) is 2.80. The van der Waals surface area contributed by atoms with Crippen molar-refractivity contribution in [3.63, 3.8) is 0 Å². The van der Waals surface area contributed by atoms with Crippen LogP contribution in [0.4, 0.5) is 0 Å². The Bertz CT molecular complexity index is 573. The summed E-state index contributed by atoms with van der Waals surface area (Å²) < 4.78 is 22.7. The van der Waals surface area contributed by atoms with Crippen molar-refractivity contribution in [2.45, 2.75) is 0 Å². The lowest BCUT2D eigenvalue weighted by atomic mass is 10.3. The lowest BCUT2D eigenvalue weighted by Gasteiger charge is -2.14. The summed E-state index contributed by atoms with van der Waals surface area (Å²) in [6.07, 6.45) is 0. The van der Waals surface area contributed by atoms with Crippen LogP contribution in [0.5, 0.6) is 11.5 Å². The van der Waals surface area contributed by atoms with E-state index in [4.69, 9.17) is 9.47 Å². The lowest BCUT2D eigenvalue weighted by Crippen LogP contribution is -2.15. The Hall–Kier alpha value is -1.77. The maximum Gasteiger partial charge on any atom is 0.259 e. The van der Waals surface area contributed by atoms with Crippen LogP contribution in [0.15, 0.2) is 48.5 Å². The molecule has 19 heavy (non-hydrogen) atoms. The van der Waals surface area contributed by atoms with E-state index < -0.39 is 7.37 Å². The van der Waals surface area contributed by atoms with Gasteiger partial charge in [-0.2, -0.15) is 0 Å². The first-order valence-corrected chi connectivity index (χ1v) is 7.36. The second kappa shape index (κ2) is 5.47. The summed E-state index contributed by atoms with van der Waals surface area (Å²) in [5.74, 6) is 1.10. The standard InChI is InChI=1S/C14H15O4P/c1-17-11-5-3-7-13(9-11)19(15,16)14-8-4-6-12(10-14)18-2/h3-10H,1-2H3,(H,15,16). The van der Waals surface area contributed by atoms with E-state index in [1.165, 1.54) is 14.2 Å². The minimum absolute atomic E-state index is 0.333. The largest absolute Gasteiger partial charge is 0.497 e. The van der Waals surface area contributed by atoms with Crippen LogP contribution in [0.1, 0.15) is 0 Å². The fourth-order valence-electron chi connectivity index (χ4n) is 1.75. The molecular weight excluding hydrogens is 263 g/mol. The van der Waals surface area contributed by atoms with Gasteiger partial charge in [-0.15, -0.1) is 0 Å². The first-order chi connectivity index (χ1) is 9.07. The highest BCUT2D eigenvalue weighted by Gasteiger charge is 2.25. The van der Waals surface area contributed by atoms with Gasteiger partial charge in [0.2, 0.25) is 0 Å². The van der Waals surface area contributed by atoms with E-state index in [-0.39, 0.29) is 0 Å². The molecule has 0 unspecified atom stereocenters. The fraction of sp³-hybridized carbons (Fsp3) is 0.143. The van der Waals surface area contributed by atoms with Gasteiger partial charge in [0.15, 0.2) is 0 Å². The van der Waals surface area contributed by atoms with Gasteiger partial charge < -0.3 is 14.4 Å². The molecule has 0 aliphatic carbocycles. The molecule has 5 heteroatoms. The van der Waals surface area contributed by atoms with Crippen molar-refractivity contribution >= 4 is 18.0 Å². The quantitative estimate of drug-likeness (QED) is 0.868. The van der Waals surface area contributed by atoms with Gasteiger partial charge in [0.1, 0.15) is 11.5 Å². The molecule has 0 aliphatic heterocycles. The molecule has 1 N–H and O–H groups in total. The molecule has 0 spiro atoms. The van der Waals surface area contributed by atoms with Crippen LogP contribution in [0.2, 0.25) is 0 Å². The summed E-state index contributed by atoms with van der Waals surface area (Å²) in [6, 6.07) is 13.2. The Labute approximate surface area is 112 Å². The van der Waals surface area contributed by atoms with Crippen molar-refractivity contribution in [2.24, 2.45) is 0 Å². The van der Waals surface area contributed by atoms with Gasteiger partial charge >= 0.3 is 0 Å². The van der Waals surface area contributed by atoms with Gasteiger partial charge in [0.25, 0.3) is 7.37 Å². The Morgan fingerprint density at radius 1 is 0.895 bits per heavy atom. The SMILES string of the molecule is COc1cccc(P(=O)(O)c2cccc(OC)c2)c1. The maximum atomic E-state index is 12.6. The van der Waals surface area contributed by atoms with Crippen molar-refractivity contribution < 1.29 is 18.9 Å². The van der Waals surface area contributed by atoms with Gasteiger partial charge in [-0.3, -0.25) is 4.57 Å². The smallest absolute Gasteiger partial charge is 0.259 e. The molecule has 2 aromatic rings. The zero-order valence-electron chi connectivity index (χ0n) is 10.7. The fourth-order valence-corrected chi connectivity index (χ4v) is 3.23. The van der Waals surface area contributed by atoms with Crippen LogP contribution >= 0.6 is 7.37 Å². The molecule has 0 saturated heterocycles. The zero-order chi connectivity index (χ0) is 13.9. The Morgan fingerprint density at radius 2 is 1.32 bits per heavy atom. The molecule has 2 aromatic carbocycles. The minimum Gasteiger partial charge on any atom is -0.497 e. The van der Waals surface area contributed by atoms with Crippen LogP contribution < -0.4 is 20.1 Å². The van der Waals surface area contributed by atoms with Crippen molar-refractivity contribution in [2.75, 3.05) is 14.2 Å². The third-order valence-corrected chi connectivity index (χ3v) is 4.76. The Balaban J connectivity index is 2.48. The van der Waals surface area contributed by atoms with Crippen molar-refractivity contribution in [1.29, 1.82) is 0 Å². The summed E-state index contributed by atoms with van der Waals surface area (Å²) in [7, 11) is -0.596. The molecule has 0 aromatic heterocycles. The molecule has 0 bridgehead atoms. The summed E-state index contributed by atoms with van der Waals surface area (Å²) in [5.41, 5.74) is 0. The van der Waals surface area contributed by atoms with Gasteiger partial charge in [-0.05, 0) is 36.4 Å². The maximum absolute atomic E-state index is 12.6. The monoisotopic (exact) mass is 278 g/mol. The summed E-state index contributed by atoms with van der Waals surface area (Å²) in [4.78, 5) is 10.3. The van der Waals surface area contributed by atoms with Crippen molar-refractivity contribution in [3.05, 3.63) is 48.5 Å². The molecule has 0 saturated carbocycles. The number of ether oxygens (including phenoxy) is 2. The number of methoxy groups -OCH3 is 2. The number of benzene rings is 2. The highest BCUT2D eigenvalue weighted by atomic mass is 31.2. The first kappa shape index (κ1) is 13.7. The van der Waals surface area contributed by atoms with Crippen LogP contribution in [0.25, 0.3) is 0 Å². The molecule has 4 nitrogen and oxygen atoms in total. The van der Waals surface area contributed by atoms with Crippen LogP contribution in [-0.2, 0) is 4.57 Å². The number of hydrogen-bond acceptors (Lipinski definition) is 3. The summed E-state index contributed by atoms with van der Waals surface area (Å²) in [5, 5.41) is 0.667. The van der Waals surface area contributed by atoms with Crippen LogP contribution in [0, 0.1) is 0 Å². The molecule has 100 valence electrons. The minimum atomic E-state index is -3.64. The lowest BCUT2D eigenvalue weighted by molar-refractivity contribution is 0.414. The predicted octanol–water partition coefficient (Wildman–Crippen LogP) is 1.92. The van der Waals surface area contributed by atoms with Crippen molar-refractivity contribution in [3.8, 4) is 11.5 Å². The Kier molecular flexibility index (Phi) is 3.93.